The number of benzene rings is 2. The highest BCUT2D eigenvalue weighted by molar-refractivity contribution is 6.16. The van der Waals surface area contributed by atoms with Crippen LogP contribution in [0.5, 0.6) is 0 Å². The first-order chi connectivity index (χ1) is 14.1. The topological polar surface area (TPSA) is 70.8 Å². The third-order valence-corrected chi connectivity index (χ3v) is 4.89. The lowest BCUT2D eigenvalue weighted by atomic mass is 9.96. The minimum Gasteiger partial charge on any atom is -0.503 e. The Morgan fingerprint density at radius 3 is 2.55 bits per heavy atom. The van der Waals surface area contributed by atoms with Crippen LogP contribution in [0.3, 0.4) is 0 Å². The van der Waals surface area contributed by atoms with Crippen LogP contribution in [0.1, 0.15) is 23.8 Å². The molecule has 0 aliphatic carbocycles. The summed E-state index contributed by atoms with van der Waals surface area (Å²) in [6.07, 6.45) is 2.01. The summed E-state index contributed by atoms with van der Waals surface area (Å²) in [5.41, 5.74) is 1.17. The van der Waals surface area contributed by atoms with Crippen molar-refractivity contribution in [1.29, 1.82) is 0 Å². The molecule has 5 nitrogen and oxygen atoms in total. The van der Waals surface area contributed by atoms with E-state index in [1.54, 1.807) is 18.2 Å². The number of aliphatic hydroxyl groups is 1. The van der Waals surface area contributed by atoms with E-state index in [-0.39, 0.29) is 23.5 Å². The fourth-order valence-corrected chi connectivity index (χ4v) is 3.54. The van der Waals surface area contributed by atoms with E-state index >= 15 is 0 Å². The van der Waals surface area contributed by atoms with Gasteiger partial charge in [-0.3, -0.25) is 14.5 Å². The molecule has 1 N–H and O–H groups in total. The maximum absolute atomic E-state index is 13.8. The molecule has 1 aromatic heterocycles. The van der Waals surface area contributed by atoms with Gasteiger partial charge in [0, 0.05) is 12.1 Å². The summed E-state index contributed by atoms with van der Waals surface area (Å²) in [4.78, 5) is 27.0. The van der Waals surface area contributed by atoms with E-state index in [0.717, 1.165) is 5.56 Å². The highest BCUT2D eigenvalue weighted by atomic mass is 19.1. The monoisotopic (exact) mass is 391 g/mol. The molecule has 146 valence electrons. The van der Waals surface area contributed by atoms with Crippen LogP contribution in [0.25, 0.3) is 0 Å². The molecular weight excluding hydrogens is 373 g/mol. The van der Waals surface area contributed by atoms with Crippen molar-refractivity contribution in [3.8, 4) is 0 Å². The number of ketones is 1. The molecule has 2 heterocycles. The Hall–Kier alpha value is -3.67. The standard InChI is InChI=1S/C23H18FNO4/c24-16-8-4-9-17(14-16)25-21(19-10-5-13-29-19)20(22(27)23(25)28)18(26)12-11-15-6-2-1-3-7-15/h1-10,13-14,21,27H,11-12H2. The molecule has 1 aliphatic heterocycles. The molecule has 0 saturated heterocycles. The lowest BCUT2D eigenvalue weighted by Gasteiger charge is -2.25. The number of amides is 1. The van der Waals surface area contributed by atoms with Crippen molar-refractivity contribution in [2.45, 2.75) is 18.9 Å². The highest BCUT2D eigenvalue weighted by Gasteiger charge is 2.45. The molecule has 0 radical (unpaired) electrons. The van der Waals surface area contributed by atoms with Gasteiger partial charge in [0.1, 0.15) is 17.6 Å². The molecule has 1 amide bonds. The predicted molar refractivity (Wildman–Crippen MR) is 105 cm³/mol. The van der Waals surface area contributed by atoms with Gasteiger partial charge in [-0.25, -0.2) is 4.39 Å². The Labute approximate surface area is 166 Å². The van der Waals surface area contributed by atoms with Crippen LogP contribution < -0.4 is 4.90 Å². The van der Waals surface area contributed by atoms with Crippen molar-refractivity contribution >= 4 is 17.4 Å². The van der Waals surface area contributed by atoms with Gasteiger partial charge >= 0.3 is 0 Å². The van der Waals surface area contributed by atoms with Gasteiger partial charge in [-0.2, -0.15) is 0 Å². The summed E-state index contributed by atoms with van der Waals surface area (Å²) < 4.78 is 19.2. The maximum Gasteiger partial charge on any atom is 0.294 e. The number of rotatable bonds is 6. The molecule has 0 saturated carbocycles. The van der Waals surface area contributed by atoms with E-state index in [9.17, 15) is 19.1 Å². The van der Waals surface area contributed by atoms with Crippen molar-refractivity contribution in [3.05, 3.63) is 101 Å². The van der Waals surface area contributed by atoms with Gasteiger partial charge in [-0.15, -0.1) is 0 Å². The zero-order valence-electron chi connectivity index (χ0n) is 15.4. The van der Waals surface area contributed by atoms with Crippen LogP contribution in [-0.4, -0.2) is 16.8 Å². The van der Waals surface area contributed by atoms with Crippen LogP contribution in [-0.2, 0) is 16.0 Å². The Balaban J connectivity index is 1.69. The second-order valence-corrected chi connectivity index (χ2v) is 6.74. The number of nitrogens with zero attached hydrogens (tertiary/aromatic N) is 1. The van der Waals surface area contributed by atoms with E-state index < -0.39 is 23.5 Å². The second-order valence-electron chi connectivity index (χ2n) is 6.74. The van der Waals surface area contributed by atoms with Crippen LogP contribution in [0.4, 0.5) is 10.1 Å². The first kappa shape index (κ1) is 18.7. The van der Waals surface area contributed by atoms with Gasteiger partial charge in [0.15, 0.2) is 11.5 Å². The fourth-order valence-electron chi connectivity index (χ4n) is 3.54. The van der Waals surface area contributed by atoms with E-state index in [4.69, 9.17) is 4.42 Å². The molecule has 1 atom stereocenters. The Morgan fingerprint density at radius 2 is 1.86 bits per heavy atom. The van der Waals surface area contributed by atoms with Crippen LogP contribution in [0, 0.1) is 5.82 Å². The Morgan fingerprint density at radius 1 is 1.07 bits per heavy atom. The number of Topliss-reactive ketones (excluding diaryl/α,β-unsaturated/α-hetero) is 1. The third-order valence-electron chi connectivity index (χ3n) is 4.89. The lowest BCUT2D eigenvalue weighted by Crippen LogP contribution is -2.30. The van der Waals surface area contributed by atoms with Crippen molar-refractivity contribution in [1.82, 2.24) is 0 Å². The molecular formula is C23H18FNO4. The van der Waals surface area contributed by atoms with Gasteiger partial charge in [0.2, 0.25) is 0 Å². The van der Waals surface area contributed by atoms with Gasteiger partial charge in [-0.1, -0.05) is 36.4 Å². The summed E-state index contributed by atoms with van der Waals surface area (Å²) in [5, 5.41) is 10.5. The summed E-state index contributed by atoms with van der Waals surface area (Å²) in [5.74, 6) is -1.97. The molecule has 2 aromatic carbocycles. The zero-order valence-corrected chi connectivity index (χ0v) is 15.4. The number of hydrogen-bond donors (Lipinski definition) is 1. The molecule has 0 fully saturated rings. The first-order valence-corrected chi connectivity index (χ1v) is 9.19. The van der Waals surface area contributed by atoms with Crippen molar-refractivity contribution in [2.24, 2.45) is 0 Å². The van der Waals surface area contributed by atoms with Crippen molar-refractivity contribution < 1.29 is 23.5 Å². The average Bonchev–Trinajstić information content (AvgIpc) is 3.34. The zero-order chi connectivity index (χ0) is 20.4. The largest absolute Gasteiger partial charge is 0.503 e. The van der Waals surface area contributed by atoms with Gasteiger partial charge < -0.3 is 9.52 Å². The van der Waals surface area contributed by atoms with Gasteiger partial charge in [0.05, 0.1) is 11.8 Å². The molecule has 1 aliphatic rings. The SMILES string of the molecule is O=C(CCc1ccccc1)C1=C(O)C(=O)N(c2cccc(F)c2)C1c1ccco1. The minimum atomic E-state index is -0.956. The van der Waals surface area contributed by atoms with Crippen molar-refractivity contribution in [2.75, 3.05) is 4.90 Å². The number of carbonyl (C=O) groups is 2. The van der Waals surface area contributed by atoms with Gasteiger partial charge in [-0.05, 0) is 42.3 Å². The van der Waals surface area contributed by atoms with E-state index in [1.165, 1.54) is 29.4 Å². The number of anilines is 1. The number of hydrogen-bond acceptors (Lipinski definition) is 4. The van der Waals surface area contributed by atoms with Crippen molar-refractivity contribution in [3.63, 3.8) is 0 Å². The molecule has 0 spiro atoms. The predicted octanol–water partition coefficient (Wildman–Crippen LogP) is 4.52. The number of furan rings is 1. The number of aliphatic hydroxyl groups excluding tert-OH is 1. The first-order valence-electron chi connectivity index (χ1n) is 9.19. The summed E-state index contributed by atoms with van der Waals surface area (Å²) in [6.45, 7) is 0. The molecule has 1 unspecified atom stereocenters. The van der Waals surface area contributed by atoms with E-state index in [0.29, 0.717) is 12.2 Å². The minimum absolute atomic E-state index is 0.0369. The summed E-state index contributed by atoms with van der Waals surface area (Å²) in [7, 11) is 0. The second kappa shape index (κ2) is 7.75. The van der Waals surface area contributed by atoms with Gasteiger partial charge in [0.25, 0.3) is 5.91 Å². The molecule has 29 heavy (non-hydrogen) atoms. The number of carbonyl (C=O) groups excluding carboxylic acids is 2. The summed E-state index contributed by atoms with van der Waals surface area (Å²) in [6, 6.07) is 17.2. The van der Waals surface area contributed by atoms with E-state index in [2.05, 4.69) is 0 Å². The van der Waals surface area contributed by atoms with Crippen LogP contribution in [0.2, 0.25) is 0 Å². The van der Waals surface area contributed by atoms with Crippen LogP contribution in [0.15, 0.2) is 88.7 Å². The van der Waals surface area contributed by atoms with E-state index in [1.807, 2.05) is 30.3 Å². The smallest absolute Gasteiger partial charge is 0.294 e. The lowest BCUT2D eigenvalue weighted by molar-refractivity contribution is -0.118. The normalized spacial score (nSPS) is 16.5. The third kappa shape index (κ3) is 3.57. The molecule has 3 aromatic rings. The molecule has 0 bridgehead atoms. The molecule has 6 heteroatoms. The quantitative estimate of drug-likeness (QED) is 0.671. The molecule has 4 rings (SSSR count). The van der Waals surface area contributed by atoms with Crippen LogP contribution >= 0.6 is 0 Å². The number of halogens is 1. The highest BCUT2D eigenvalue weighted by Crippen LogP contribution is 2.41. The summed E-state index contributed by atoms with van der Waals surface area (Å²) >= 11 is 0. The maximum atomic E-state index is 13.8. The number of aryl methyl sites for hydroxylation is 1. The average molecular weight is 391 g/mol. The Bertz CT molecular complexity index is 1070. The Kier molecular flexibility index (Phi) is 4.99. The fraction of sp³-hybridized carbons (Fsp3) is 0.130.